The molecule has 5 nitrogen and oxygen atoms in total. The Balaban J connectivity index is 1.84. The van der Waals surface area contributed by atoms with Crippen LogP contribution in [0, 0.1) is 11.7 Å². The van der Waals surface area contributed by atoms with E-state index in [0.717, 1.165) is 30.5 Å². The molecule has 1 aliphatic heterocycles. The fourth-order valence-corrected chi connectivity index (χ4v) is 4.15. The summed E-state index contributed by atoms with van der Waals surface area (Å²) in [6.45, 7) is 0.857. The lowest BCUT2D eigenvalue weighted by Crippen LogP contribution is -2.19. The van der Waals surface area contributed by atoms with Gasteiger partial charge in [0.15, 0.2) is 0 Å². The summed E-state index contributed by atoms with van der Waals surface area (Å²) < 4.78 is 14.5. The lowest BCUT2D eigenvalue weighted by Gasteiger charge is -2.18. The van der Waals surface area contributed by atoms with Gasteiger partial charge in [0.05, 0.1) is 5.92 Å². The fraction of sp³-hybridized carbons (Fsp3) is 0.588. The van der Waals surface area contributed by atoms with Crippen LogP contribution in [0.5, 0.6) is 0 Å². The van der Waals surface area contributed by atoms with Gasteiger partial charge in [0.2, 0.25) is 0 Å². The summed E-state index contributed by atoms with van der Waals surface area (Å²) in [4.78, 5) is 11.8. The smallest absolute Gasteiger partial charge is 0.451 e. The van der Waals surface area contributed by atoms with Crippen LogP contribution >= 0.6 is 0 Å². The van der Waals surface area contributed by atoms with E-state index in [1.165, 1.54) is 6.07 Å². The Morgan fingerprint density at radius 1 is 1.33 bits per heavy atom. The van der Waals surface area contributed by atoms with Gasteiger partial charge >= 0.3 is 13.1 Å². The molecular formula is C17H23BFNO4. The van der Waals surface area contributed by atoms with Crippen LogP contribution in [0.4, 0.5) is 4.39 Å². The van der Waals surface area contributed by atoms with Gasteiger partial charge in [0.25, 0.3) is 0 Å². The molecule has 7 heteroatoms. The molecule has 1 heterocycles. The summed E-state index contributed by atoms with van der Waals surface area (Å²) >= 11 is 0. The summed E-state index contributed by atoms with van der Waals surface area (Å²) in [7, 11) is -1.37. The van der Waals surface area contributed by atoms with Crippen LogP contribution in [0.15, 0.2) is 12.1 Å². The van der Waals surface area contributed by atoms with E-state index in [2.05, 4.69) is 5.32 Å². The molecule has 0 saturated carbocycles. The van der Waals surface area contributed by atoms with Crippen LogP contribution in [0.25, 0.3) is 0 Å². The van der Waals surface area contributed by atoms with E-state index in [-0.39, 0.29) is 24.1 Å². The first kappa shape index (κ1) is 17.4. The van der Waals surface area contributed by atoms with E-state index < -0.39 is 19.0 Å². The van der Waals surface area contributed by atoms with Crippen molar-refractivity contribution in [3.05, 3.63) is 34.6 Å². The second-order valence-electron chi connectivity index (χ2n) is 6.91. The van der Waals surface area contributed by atoms with E-state index in [9.17, 15) is 14.3 Å². The van der Waals surface area contributed by atoms with E-state index in [0.29, 0.717) is 24.8 Å². The second kappa shape index (κ2) is 7.21. The Labute approximate surface area is 141 Å². The zero-order valence-electron chi connectivity index (χ0n) is 13.5. The molecule has 3 atom stereocenters. The van der Waals surface area contributed by atoms with Crippen molar-refractivity contribution < 1.29 is 24.3 Å². The molecule has 3 rings (SSSR count). The summed E-state index contributed by atoms with van der Waals surface area (Å²) in [5.41, 5.74) is 2.07. The number of carboxylic acids is 1. The van der Waals surface area contributed by atoms with E-state index >= 15 is 0 Å². The summed E-state index contributed by atoms with van der Waals surface area (Å²) in [5, 5.41) is 30.8. The molecule has 1 fully saturated rings. The normalized spacial score (nSPS) is 25.7. The molecule has 1 aliphatic carbocycles. The van der Waals surface area contributed by atoms with Crippen LogP contribution in [0.3, 0.4) is 0 Å². The first-order valence-electron chi connectivity index (χ1n) is 8.62. The molecule has 2 aliphatic rings. The van der Waals surface area contributed by atoms with Gasteiger partial charge in [-0.3, -0.25) is 4.79 Å². The molecule has 0 aromatic heterocycles. The Morgan fingerprint density at radius 3 is 2.75 bits per heavy atom. The van der Waals surface area contributed by atoms with Gasteiger partial charge in [-0.15, -0.1) is 0 Å². The van der Waals surface area contributed by atoms with E-state index in [1.54, 1.807) is 6.07 Å². The molecule has 0 bridgehead atoms. The van der Waals surface area contributed by atoms with Crippen molar-refractivity contribution in [3.63, 3.8) is 0 Å². The van der Waals surface area contributed by atoms with Gasteiger partial charge in [-0.1, -0.05) is 12.5 Å². The molecule has 4 N–H and O–H groups in total. The average molecular weight is 335 g/mol. The Bertz CT molecular complexity index is 619. The molecule has 1 aromatic carbocycles. The number of nitrogens with one attached hydrogen (secondary N) is 1. The third kappa shape index (κ3) is 3.48. The first-order chi connectivity index (χ1) is 11.5. The maximum absolute atomic E-state index is 14.5. The fourth-order valence-electron chi connectivity index (χ4n) is 4.15. The second-order valence-corrected chi connectivity index (χ2v) is 6.91. The topological polar surface area (TPSA) is 89.8 Å². The molecule has 0 spiro atoms. The minimum Gasteiger partial charge on any atom is -0.481 e. The lowest BCUT2D eigenvalue weighted by molar-refractivity contribution is -0.139. The third-order valence-corrected chi connectivity index (χ3v) is 5.29. The van der Waals surface area contributed by atoms with Crippen molar-refractivity contribution >= 4 is 13.1 Å². The Hall–Kier alpha value is -1.44. The molecule has 1 saturated heterocycles. The molecule has 24 heavy (non-hydrogen) atoms. The van der Waals surface area contributed by atoms with Crippen molar-refractivity contribution in [2.24, 2.45) is 5.92 Å². The Morgan fingerprint density at radius 2 is 2.12 bits per heavy atom. The van der Waals surface area contributed by atoms with Crippen molar-refractivity contribution in [2.45, 2.75) is 50.4 Å². The van der Waals surface area contributed by atoms with Gasteiger partial charge in [-0.25, -0.2) is 4.39 Å². The number of benzene rings is 1. The minimum absolute atomic E-state index is 0.0340. The number of rotatable bonds is 6. The number of hydrogen-bond donors (Lipinski definition) is 4. The summed E-state index contributed by atoms with van der Waals surface area (Å²) in [6, 6.07) is 3.21. The predicted molar refractivity (Wildman–Crippen MR) is 88.2 cm³/mol. The SMILES string of the molecule is O=C(O)C1c2cc(C3CCCN3)c(F)cc2CC1CCCB(O)O. The quantitative estimate of drug-likeness (QED) is 0.596. The van der Waals surface area contributed by atoms with Crippen molar-refractivity contribution in [1.82, 2.24) is 5.32 Å². The van der Waals surface area contributed by atoms with Crippen LogP contribution in [-0.2, 0) is 11.2 Å². The van der Waals surface area contributed by atoms with Crippen LogP contribution in [0.1, 0.15) is 54.3 Å². The molecular weight excluding hydrogens is 312 g/mol. The number of aliphatic carboxylic acids is 1. The van der Waals surface area contributed by atoms with Gasteiger partial charge in [0.1, 0.15) is 5.82 Å². The highest BCUT2D eigenvalue weighted by molar-refractivity contribution is 6.40. The number of carboxylic acid groups (broad SMARTS) is 1. The molecule has 0 radical (unpaired) electrons. The molecule has 3 unspecified atom stereocenters. The van der Waals surface area contributed by atoms with E-state index in [1.807, 2.05) is 0 Å². The summed E-state index contributed by atoms with van der Waals surface area (Å²) in [5.74, 6) is -1.91. The van der Waals surface area contributed by atoms with Gasteiger partial charge in [0, 0.05) is 11.6 Å². The third-order valence-electron chi connectivity index (χ3n) is 5.29. The predicted octanol–water partition coefficient (Wildman–Crippen LogP) is 1.84. The number of halogens is 1. The van der Waals surface area contributed by atoms with Crippen LogP contribution in [0.2, 0.25) is 6.32 Å². The minimum atomic E-state index is -1.37. The van der Waals surface area contributed by atoms with Crippen molar-refractivity contribution in [3.8, 4) is 0 Å². The maximum Gasteiger partial charge on any atom is 0.451 e. The molecule has 0 amide bonds. The first-order valence-corrected chi connectivity index (χ1v) is 8.62. The van der Waals surface area contributed by atoms with Gasteiger partial charge < -0.3 is 20.5 Å². The number of fused-ring (bicyclic) bond motifs is 1. The number of carbonyl (C=O) groups is 1. The lowest BCUT2D eigenvalue weighted by atomic mass is 9.80. The standard InChI is InChI=1S/C17H23BFNO4/c19-14-8-11-7-10(3-1-5-18(23)24)16(17(21)22)12(11)9-13(14)15-4-2-6-20-15/h8-10,15-16,20,23-24H,1-7H2,(H,21,22). The average Bonchev–Trinajstić information content (AvgIpc) is 3.12. The maximum atomic E-state index is 14.5. The van der Waals surface area contributed by atoms with Crippen molar-refractivity contribution in [2.75, 3.05) is 6.54 Å². The van der Waals surface area contributed by atoms with Crippen LogP contribution in [-0.4, -0.2) is 34.8 Å². The van der Waals surface area contributed by atoms with Gasteiger partial charge in [-0.2, -0.15) is 0 Å². The summed E-state index contributed by atoms with van der Waals surface area (Å²) in [6.07, 6.45) is 3.75. The zero-order valence-corrected chi connectivity index (χ0v) is 13.5. The molecule has 130 valence electrons. The molecule has 1 aromatic rings. The van der Waals surface area contributed by atoms with Gasteiger partial charge in [-0.05, 0) is 61.7 Å². The highest BCUT2D eigenvalue weighted by atomic mass is 19.1. The highest BCUT2D eigenvalue weighted by Crippen LogP contribution is 2.43. The van der Waals surface area contributed by atoms with Crippen molar-refractivity contribution in [1.29, 1.82) is 0 Å². The Kier molecular flexibility index (Phi) is 5.22. The largest absolute Gasteiger partial charge is 0.481 e. The van der Waals surface area contributed by atoms with Crippen LogP contribution < -0.4 is 5.32 Å². The zero-order chi connectivity index (χ0) is 17.3. The monoisotopic (exact) mass is 335 g/mol. The van der Waals surface area contributed by atoms with E-state index in [4.69, 9.17) is 10.0 Å². The number of hydrogen-bond acceptors (Lipinski definition) is 4. The highest BCUT2D eigenvalue weighted by Gasteiger charge is 2.38.